The number of ether oxygens (including phenoxy) is 1. The normalized spacial score (nSPS) is 18.1. The monoisotopic (exact) mass is 511 g/mol. The number of nitrogens with zero attached hydrogens (tertiary/aromatic N) is 4. The Hall–Kier alpha value is -3.44. The SMILES string of the molecule is C=C(F)C(=O)N1CCN(c2nc(OC)nc3c2CCC(c2c(F)c(N)cc(C)c2C(F)(F)F)C3)CC1. The third-order valence-corrected chi connectivity index (χ3v) is 6.73. The highest BCUT2D eigenvalue weighted by Gasteiger charge is 2.41. The van der Waals surface area contributed by atoms with E-state index in [0.717, 1.165) is 11.6 Å². The molecule has 1 aliphatic heterocycles. The van der Waals surface area contributed by atoms with Gasteiger partial charge in [-0.15, -0.1) is 0 Å². The fraction of sp³-hybridized carbons (Fsp3) is 0.458. The molecule has 36 heavy (non-hydrogen) atoms. The van der Waals surface area contributed by atoms with Crippen LogP contribution < -0.4 is 15.4 Å². The van der Waals surface area contributed by atoms with Crippen LogP contribution in [0.4, 0.5) is 33.5 Å². The molecule has 12 heteroatoms. The number of hydrogen-bond acceptors (Lipinski definition) is 6. The Morgan fingerprint density at radius 2 is 1.89 bits per heavy atom. The van der Waals surface area contributed by atoms with Crippen molar-refractivity contribution in [1.82, 2.24) is 14.9 Å². The lowest BCUT2D eigenvalue weighted by molar-refractivity contribution is -0.139. The summed E-state index contributed by atoms with van der Waals surface area (Å²) in [5, 5.41) is 0. The number of aryl methyl sites for hydroxylation is 1. The molecule has 1 aromatic carbocycles. The Balaban J connectivity index is 1.68. The first kappa shape index (κ1) is 25.6. The van der Waals surface area contributed by atoms with Gasteiger partial charge in [-0.25, -0.2) is 8.78 Å². The van der Waals surface area contributed by atoms with E-state index in [0.29, 0.717) is 31.0 Å². The molecule has 1 unspecified atom stereocenters. The van der Waals surface area contributed by atoms with Crippen LogP contribution in [0.3, 0.4) is 0 Å². The lowest BCUT2D eigenvalue weighted by atomic mass is 9.79. The summed E-state index contributed by atoms with van der Waals surface area (Å²) >= 11 is 0. The number of piperazine rings is 1. The number of halogens is 5. The van der Waals surface area contributed by atoms with Crippen LogP contribution in [0.2, 0.25) is 0 Å². The zero-order valence-corrected chi connectivity index (χ0v) is 19.9. The van der Waals surface area contributed by atoms with Crippen molar-refractivity contribution in [3.8, 4) is 6.01 Å². The fourth-order valence-electron chi connectivity index (χ4n) is 5.07. The number of hydrogen-bond donors (Lipinski definition) is 1. The smallest absolute Gasteiger partial charge is 0.417 e. The molecule has 1 aliphatic carbocycles. The molecule has 1 fully saturated rings. The van der Waals surface area contributed by atoms with Gasteiger partial charge in [-0.3, -0.25) is 4.79 Å². The van der Waals surface area contributed by atoms with Gasteiger partial charge < -0.3 is 20.3 Å². The molecule has 1 atom stereocenters. The topological polar surface area (TPSA) is 84.6 Å². The standard InChI is InChI=1S/C24H26F5N5O2/c1-12-10-16(30)20(26)18(19(12)24(27,28)29)14-4-5-15-17(11-14)31-23(36-3)32-21(15)33-6-8-34(9-7-33)22(35)13(2)25/h10,14H,2,4-9,11,30H2,1,3H3. The number of carbonyl (C=O) groups excluding carboxylic acids is 1. The Bertz CT molecular complexity index is 1210. The molecule has 2 aliphatic rings. The molecule has 0 radical (unpaired) electrons. The summed E-state index contributed by atoms with van der Waals surface area (Å²) in [4.78, 5) is 24.0. The average Bonchev–Trinajstić information content (AvgIpc) is 2.83. The lowest BCUT2D eigenvalue weighted by Gasteiger charge is -2.37. The van der Waals surface area contributed by atoms with E-state index in [4.69, 9.17) is 10.5 Å². The largest absolute Gasteiger partial charge is 0.467 e. The minimum atomic E-state index is -4.75. The van der Waals surface area contributed by atoms with E-state index in [1.165, 1.54) is 18.9 Å². The van der Waals surface area contributed by atoms with E-state index in [9.17, 15) is 22.4 Å². The molecule has 194 valence electrons. The first-order valence-electron chi connectivity index (χ1n) is 11.4. The Labute approximate surface area is 204 Å². The third-order valence-electron chi connectivity index (χ3n) is 6.73. The zero-order valence-electron chi connectivity index (χ0n) is 19.9. The van der Waals surface area contributed by atoms with Crippen molar-refractivity contribution in [2.24, 2.45) is 0 Å². The quantitative estimate of drug-likeness (QED) is 0.381. The third kappa shape index (κ3) is 4.68. The summed E-state index contributed by atoms with van der Waals surface area (Å²) in [5.74, 6) is -3.11. The first-order valence-corrected chi connectivity index (χ1v) is 11.4. The molecular weight excluding hydrogens is 485 g/mol. The zero-order chi connectivity index (χ0) is 26.4. The maximum Gasteiger partial charge on any atom is 0.417 e. The van der Waals surface area contributed by atoms with E-state index in [1.54, 1.807) is 0 Å². The lowest BCUT2D eigenvalue weighted by Crippen LogP contribution is -2.49. The number of benzene rings is 1. The van der Waals surface area contributed by atoms with E-state index in [-0.39, 0.29) is 43.2 Å². The van der Waals surface area contributed by atoms with Crippen LogP contribution in [-0.4, -0.2) is 54.1 Å². The highest BCUT2D eigenvalue weighted by atomic mass is 19.4. The minimum absolute atomic E-state index is 0.0281. The molecule has 1 saturated heterocycles. The second-order valence-corrected chi connectivity index (χ2v) is 8.97. The second kappa shape index (κ2) is 9.55. The van der Waals surface area contributed by atoms with Gasteiger partial charge in [0.25, 0.3) is 5.91 Å². The average molecular weight is 511 g/mol. The molecule has 2 heterocycles. The van der Waals surface area contributed by atoms with Gasteiger partial charge in [-0.05, 0) is 43.7 Å². The van der Waals surface area contributed by atoms with Gasteiger partial charge >= 0.3 is 12.2 Å². The Morgan fingerprint density at radius 3 is 2.47 bits per heavy atom. The van der Waals surface area contributed by atoms with Crippen molar-refractivity contribution in [1.29, 1.82) is 0 Å². The van der Waals surface area contributed by atoms with Crippen LogP contribution in [-0.2, 0) is 23.8 Å². The molecule has 0 bridgehead atoms. The van der Waals surface area contributed by atoms with Gasteiger partial charge in [0.05, 0.1) is 24.1 Å². The number of carbonyl (C=O) groups is 1. The van der Waals surface area contributed by atoms with Gasteiger partial charge in [0.1, 0.15) is 11.6 Å². The Morgan fingerprint density at radius 1 is 1.22 bits per heavy atom. The van der Waals surface area contributed by atoms with Crippen molar-refractivity contribution in [3.63, 3.8) is 0 Å². The summed E-state index contributed by atoms with van der Waals surface area (Å²) in [6, 6.07) is 1.03. The molecule has 1 amide bonds. The minimum Gasteiger partial charge on any atom is -0.467 e. The van der Waals surface area contributed by atoms with Gasteiger partial charge in [0, 0.05) is 37.3 Å². The van der Waals surface area contributed by atoms with Crippen molar-refractivity contribution < 1.29 is 31.5 Å². The summed E-state index contributed by atoms with van der Waals surface area (Å²) in [5.41, 5.74) is 5.00. The number of nitrogens with two attached hydrogens (primary N) is 1. The number of methoxy groups -OCH3 is 1. The summed E-state index contributed by atoms with van der Waals surface area (Å²) in [7, 11) is 1.37. The molecule has 2 N–H and O–H groups in total. The molecule has 0 saturated carbocycles. The van der Waals surface area contributed by atoms with E-state index in [2.05, 4.69) is 16.5 Å². The summed E-state index contributed by atoms with van der Waals surface area (Å²) < 4.78 is 75.3. The van der Waals surface area contributed by atoms with Crippen molar-refractivity contribution in [2.45, 2.75) is 38.3 Å². The maximum atomic E-state index is 15.1. The molecular formula is C24H26F5N5O2. The molecule has 4 rings (SSSR count). The summed E-state index contributed by atoms with van der Waals surface area (Å²) in [6.45, 7) is 5.52. The number of anilines is 2. The first-order chi connectivity index (χ1) is 16.9. The number of nitrogen functional groups attached to an aromatic ring is 1. The summed E-state index contributed by atoms with van der Waals surface area (Å²) in [6.07, 6.45) is -4.15. The van der Waals surface area contributed by atoms with Gasteiger partial charge in [-0.2, -0.15) is 23.1 Å². The van der Waals surface area contributed by atoms with Crippen LogP contribution in [0.1, 0.15) is 40.3 Å². The molecule has 0 spiro atoms. The fourth-order valence-corrected chi connectivity index (χ4v) is 5.07. The number of rotatable bonds is 4. The van der Waals surface area contributed by atoms with E-state index >= 15 is 4.39 Å². The molecule has 2 aromatic rings. The van der Waals surface area contributed by atoms with Crippen molar-refractivity contribution in [2.75, 3.05) is 43.9 Å². The van der Waals surface area contributed by atoms with Gasteiger partial charge in [-0.1, -0.05) is 6.58 Å². The van der Waals surface area contributed by atoms with Crippen LogP contribution >= 0.6 is 0 Å². The van der Waals surface area contributed by atoms with Crippen molar-refractivity contribution in [3.05, 3.63) is 52.2 Å². The second-order valence-electron chi connectivity index (χ2n) is 8.97. The van der Waals surface area contributed by atoms with Gasteiger partial charge in [0.15, 0.2) is 5.83 Å². The van der Waals surface area contributed by atoms with Crippen molar-refractivity contribution >= 4 is 17.4 Å². The van der Waals surface area contributed by atoms with Crippen LogP contribution in [0.5, 0.6) is 6.01 Å². The number of amides is 1. The van der Waals surface area contributed by atoms with Crippen LogP contribution in [0.15, 0.2) is 18.5 Å². The number of alkyl halides is 3. The van der Waals surface area contributed by atoms with Crippen LogP contribution in [0, 0.1) is 12.7 Å². The number of aromatic nitrogens is 2. The number of fused-ring (bicyclic) bond motifs is 1. The predicted molar refractivity (Wildman–Crippen MR) is 123 cm³/mol. The highest BCUT2D eigenvalue weighted by molar-refractivity contribution is 5.90. The van der Waals surface area contributed by atoms with Gasteiger partial charge in [0.2, 0.25) is 0 Å². The predicted octanol–water partition coefficient (Wildman–Crippen LogP) is 3.94. The highest BCUT2D eigenvalue weighted by Crippen LogP contribution is 2.45. The Kier molecular flexibility index (Phi) is 6.80. The van der Waals surface area contributed by atoms with E-state index in [1.807, 2.05) is 4.90 Å². The van der Waals surface area contributed by atoms with E-state index < -0.39 is 40.8 Å². The molecule has 1 aromatic heterocycles. The molecule has 7 nitrogen and oxygen atoms in total. The maximum absolute atomic E-state index is 15.1. The van der Waals surface area contributed by atoms with Crippen LogP contribution in [0.25, 0.3) is 0 Å².